The molecule has 3 rings (SSSR count). The molecule has 1 aliphatic carbocycles. The Balaban J connectivity index is 1.74. The van der Waals surface area contributed by atoms with Crippen LogP contribution in [0.4, 0.5) is 11.4 Å². The van der Waals surface area contributed by atoms with Crippen molar-refractivity contribution in [3.63, 3.8) is 0 Å². The number of ether oxygens (including phenoxy) is 1. The lowest BCUT2D eigenvalue weighted by Crippen LogP contribution is -2.27. The number of carbonyl (C=O) groups is 2. The number of hydrogen-bond acceptors (Lipinski definition) is 3. The van der Waals surface area contributed by atoms with Crippen LogP contribution in [-0.4, -0.2) is 28.9 Å². The predicted octanol–water partition coefficient (Wildman–Crippen LogP) is 6.54. The smallest absolute Gasteiger partial charge is 0.253 e. The van der Waals surface area contributed by atoms with Gasteiger partial charge in [-0.2, -0.15) is 0 Å². The van der Waals surface area contributed by atoms with Gasteiger partial charge >= 0.3 is 0 Å². The van der Waals surface area contributed by atoms with Crippen molar-refractivity contribution >= 4 is 81.2 Å². The highest BCUT2D eigenvalue weighted by Gasteiger charge is 2.67. The zero-order valence-electron chi connectivity index (χ0n) is 16.5. The van der Waals surface area contributed by atoms with Crippen LogP contribution in [0.5, 0.6) is 0 Å². The van der Waals surface area contributed by atoms with Gasteiger partial charge in [0.2, 0.25) is 5.91 Å². The summed E-state index contributed by atoms with van der Waals surface area (Å²) in [5, 5.41) is 6.63. The van der Waals surface area contributed by atoms with Crippen molar-refractivity contribution in [3.8, 4) is 0 Å². The maximum Gasteiger partial charge on any atom is 0.253 e. The molecule has 1 fully saturated rings. The summed E-state index contributed by atoms with van der Waals surface area (Å²) in [5.41, 5.74) is 1.44. The van der Waals surface area contributed by atoms with Crippen LogP contribution in [0.25, 0.3) is 0 Å². The van der Waals surface area contributed by atoms with E-state index in [1.54, 1.807) is 50.2 Å². The Morgan fingerprint density at radius 2 is 1.71 bits per heavy atom. The number of hydrogen-bond donors (Lipinski definition) is 2. The average molecular weight is 525 g/mol. The summed E-state index contributed by atoms with van der Waals surface area (Å²) >= 11 is 31.1. The Labute approximate surface area is 205 Å². The fourth-order valence-corrected chi connectivity index (χ4v) is 4.84. The molecule has 0 heterocycles. The predicted molar refractivity (Wildman–Crippen MR) is 127 cm³/mol. The molecule has 0 spiro atoms. The van der Waals surface area contributed by atoms with E-state index < -0.39 is 22.3 Å². The van der Waals surface area contributed by atoms with Gasteiger partial charge < -0.3 is 15.4 Å². The summed E-state index contributed by atoms with van der Waals surface area (Å²) in [4.78, 5) is 25.1. The standard InChI is InChI=1S/C21H19Cl5N2O3/c1-3-31-10(2)19(29)28-16-9-14(4-5-15(16)24)27-20(30)18-17(21(18,25)26)11-6-12(22)8-13(23)7-11/h4-10,17-18H,3H2,1-2H3,(H,27,30)(H,28,29)/t10-,17+,18-/m1/s1. The lowest BCUT2D eigenvalue weighted by atomic mass is 10.1. The number of benzene rings is 2. The van der Waals surface area contributed by atoms with Gasteiger partial charge in [0.15, 0.2) is 0 Å². The molecule has 2 aromatic rings. The van der Waals surface area contributed by atoms with E-state index >= 15 is 0 Å². The van der Waals surface area contributed by atoms with Crippen LogP contribution in [0.1, 0.15) is 25.3 Å². The molecule has 3 atom stereocenters. The molecular formula is C21H19Cl5N2O3. The fourth-order valence-electron chi connectivity index (χ4n) is 3.30. The lowest BCUT2D eigenvalue weighted by Gasteiger charge is -2.14. The van der Waals surface area contributed by atoms with Crippen molar-refractivity contribution in [1.29, 1.82) is 0 Å². The molecular weight excluding hydrogens is 506 g/mol. The second-order valence-corrected chi connectivity index (χ2v) is 9.83. The van der Waals surface area contributed by atoms with E-state index in [-0.39, 0.29) is 11.8 Å². The van der Waals surface area contributed by atoms with Crippen molar-refractivity contribution < 1.29 is 14.3 Å². The number of amides is 2. The summed E-state index contributed by atoms with van der Waals surface area (Å²) in [6, 6.07) is 9.67. The van der Waals surface area contributed by atoms with Gasteiger partial charge in [-0.05, 0) is 55.8 Å². The Morgan fingerprint density at radius 3 is 2.32 bits per heavy atom. The minimum Gasteiger partial charge on any atom is -0.369 e. The monoisotopic (exact) mass is 522 g/mol. The number of alkyl halides is 2. The van der Waals surface area contributed by atoms with Gasteiger partial charge in [-0.3, -0.25) is 9.59 Å². The molecule has 1 aliphatic rings. The van der Waals surface area contributed by atoms with E-state index in [1.807, 2.05) is 0 Å². The van der Waals surface area contributed by atoms with Gasteiger partial charge in [0.25, 0.3) is 5.91 Å². The Bertz CT molecular complexity index is 994. The molecule has 2 aromatic carbocycles. The summed E-state index contributed by atoms with van der Waals surface area (Å²) < 4.78 is 3.97. The number of anilines is 2. The van der Waals surface area contributed by atoms with Crippen LogP contribution in [0.15, 0.2) is 36.4 Å². The highest BCUT2D eigenvalue weighted by molar-refractivity contribution is 6.53. The van der Waals surface area contributed by atoms with E-state index in [0.29, 0.717) is 38.6 Å². The second-order valence-electron chi connectivity index (χ2n) is 7.10. The van der Waals surface area contributed by atoms with Crippen LogP contribution in [0, 0.1) is 5.92 Å². The van der Waals surface area contributed by atoms with Crippen molar-refractivity contribution in [3.05, 3.63) is 57.0 Å². The van der Waals surface area contributed by atoms with Crippen molar-refractivity contribution in [2.75, 3.05) is 17.2 Å². The summed E-state index contributed by atoms with van der Waals surface area (Å²) in [6.45, 7) is 3.83. The molecule has 0 unspecified atom stereocenters. The first-order chi connectivity index (χ1) is 14.5. The van der Waals surface area contributed by atoms with Gasteiger partial charge in [0.05, 0.1) is 16.6 Å². The molecule has 2 N–H and O–H groups in total. The number of halogens is 5. The van der Waals surface area contributed by atoms with Gasteiger partial charge in [-0.15, -0.1) is 23.2 Å². The number of nitrogens with one attached hydrogen (secondary N) is 2. The summed E-state index contributed by atoms with van der Waals surface area (Å²) in [6.07, 6.45) is -0.649. The summed E-state index contributed by atoms with van der Waals surface area (Å²) in [5.74, 6) is -1.91. The van der Waals surface area contributed by atoms with Crippen LogP contribution >= 0.6 is 58.0 Å². The van der Waals surface area contributed by atoms with Crippen molar-refractivity contribution in [1.82, 2.24) is 0 Å². The molecule has 0 radical (unpaired) electrons. The molecule has 0 saturated heterocycles. The highest BCUT2D eigenvalue weighted by atomic mass is 35.5. The van der Waals surface area contributed by atoms with E-state index in [2.05, 4.69) is 10.6 Å². The quantitative estimate of drug-likeness (QED) is 0.405. The molecule has 31 heavy (non-hydrogen) atoms. The van der Waals surface area contributed by atoms with Gasteiger partial charge in [0, 0.05) is 28.3 Å². The third-order valence-electron chi connectivity index (χ3n) is 4.86. The van der Waals surface area contributed by atoms with Crippen LogP contribution in [0.3, 0.4) is 0 Å². The summed E-state index contributed by atoms with van der Waals surface area (Å²) in [7, 11) is 0. The van der Waals surface area contributed by atoms with Crippen LogP contribution in [0.2, 0.25) is 15.1 Å². The third-order valence-corrected chi connectivity index (χ3v) is 6.56. The van der Waals surface area contributed by atoms with Crippen LogP contribution < -0.4 is 10.6 Å². The Morgan fingerprint density at radius 1 is 1.06 bits per heavy atom. The largest absolute Gasteiger partial charge is 0.369 e. The second kappa shape index (κ2) is 9.74. The van der Waals surface area contributed by atoms with Crippen molar-refractivity contribution in [2.24, 2.45) is 5.92 Å². The minimum absolute atomic E-state index is 0.317. The van der Waals surface area contributed by atoms with Gasteiger partial charge in [-0.1, -0.05) is 34.8 Å². The van der Waals surface area contributed by atoms with Crippen molar-refractivity contribution in [2.45, 2.75) is 30.2 Å². The zero-order valence-corrected chi connectivity index (χ0v) is 20.3. The van der Waals surface area contributed by atoms with Crippen LogP contribution in [-0.2, 0) is 14.3 Å². The SMILES string of the molecule is CCO[C@H](C)C(=O)Nc1cc(NC(=O)[C@H]2[C@H](c3cc(Cl)cc(Cl)c3)C2(Cl)Cl)ccc1Cl. The van der Waals surface area contributed by atoms with Gasteiger partial charge in [0.1, 0.15) is 10.4 Å². The van der Waals surface area contributed by atoms with Gasteiger partial charge in [-0.25, -0.2) is 0 Å². The van der Waals surface area contributed by atoms with E-state index in [0.717, 1.165) is 0 Å². The fraction of sp³-hybridized carbons (Fsp3) is 0.333. The highest BCUT2D eigenvalue weighted by Crippen LogP contribution is 2.65. The minimum atomic E-state index is -1.30. The molecule has 5 nitrogen and oxygen atoms in total. The molecule has 0 aromatic heterocycles. The first-order valence-corrected chi connectivity index (χ1v) is 11.3. The molecule has 0 aliphatic heterocycles. The maximum atomic E-state index is 12.9. The Hall–Kier alpha value is -1.21. The number of carbonyl (C=O) groups excluding carboxylic acids is 2. The lowest BCUT2D eigenvalue weighted by molar-refractivity contribution is -0.126. The third kappa shape index (κ3) is 5.59. The molecule has 2 amide bonds. The normalized spacial score (nSPS) is 20.1. The first kappa shape index (κ1) is 24.4. The Kier molecular flexibility index (Phi) is 7.67. The average Bonchev–Trinajstić information content (AvgIpc) is 3.26. The van der Waals surface area contributed by atoms with E-state index in [9.17, 15) is 9.59 Å². The first-order valence-electron chi connectivity index (χ1n) is 9.41. The van der Waals surface area contributed by atoms with E-state index in [1.165, 1.54) is 0 Å². The maximum absolute atomic E-state index is 12.9. The number of rotatable bonds is 7. The molecule has 166 valence electrons. The molecule has 0 bridgehead atoms. The molecule has 10 heteroatoms. The zero-order chi connectivity index (χ0) is 22.9. The topological polar surface area (TPSA) is 67.4 Å². The molecule has 1 saturated carbocycles. The van der Waals surface area contributed by atoms with E-state index in [4.69, 9.17) is 62.7 Å².